The van der Waals surface area contributed by atoms with Gasteiger partial charge < -0.3 is 14.6 Å². The second-order valence-corrected chi connectivity index (χ2v) is 3.75. The van der Waals surface area contributed by atoms with Gasteiger partial charge in [-0.3, -0.25) is 0 Å². The molecular weight excluding hydrogens is 180 g/mol. The minimum atomic E-state index is -0.0171. The molecule has 0 saturated carbocycles. The molecule has 3 atom stereocenters. The van der Waals surface area contributed by atoms with Crippen molar-refractivity contribution in [1.29, 1.82) is 0 Å². The molecule has 78 valence electrons. The van der Waals surface area contributed by atoms with Gasteiger partial charge in [-0.15, -0.1) is 0 Å². The summed E-state index contributed by atoms with van der Waals surface area (Å²) in [6.45, 7) is 4.75. The van der Waals surface area contributed by atoms with Crippen LogP contribution in [0.2, 0.25) is 0 Å². The number of aliphatic hydroxyl groups is 1. The molecule has 3 nitrogen and oxygen atoms in total. The topological polar surface area (TPSA) is 38.7 Å². The molecule has 2 heterocycles. The minimum Gasteiger partial charge on any atom is -0.396 e. The molecule has 2 aliphatic rings. The Morgan fingerprint density at radius 1 is 1.57 bits per heavy atom. The van der Waals surface area contributed by atoms with E-state index in [9.17, 15) is 0 Å². The Morgan fingerprint density at radius 2 is 2.43 bits per heavy atom. The molecule has 0 amide bonds. The Balaban J connectivity index is 1.89. The lowest BCUT2D eigenvalue weighted by molar-refractivity contribution is -0.0677. The smallest absolute Gasteiger partial charge is 0.108 e. The third-order valence-corrected chi connectivity index (χ3v) is 2.61. The fourth-order valence-electron chi connectivity index (χ4n) is 1.91. The number of rotatable bonds is 4. The van der Waals surface area contributed by atoms with Crippen molar-refractivity contribution in [1.82, 2.24) is 0 Å². The molecule has 1 N–H and O–H groups in total. The van der Waals surface area contributed by atoms with E-state index in [0.717, 1.165) is 12.0 Å². The lowest BCUT2D eigenvalue weighted by Crippen LogP contribution is -2.36. The van der Waals surface area contributed by atoms with E-state index in [0.29, 0.717) is 13.0 Å². The van der Waals surface area contributed by atoms with Gasteiger partial charge in [0.05, 0.1) is 6.10 Å². The summed E-state index contributed by atoms with van der Waals surface area (Å²) in [6, 6.07) is 0. The van der Waals surface area contributed by atoms with Crippen LogP contribution in [0.15, 0.2) is 24.3 Å². The zero-order valence-corrected chi connectivity index (χ0v) is 8.19. The number of ether oxygens (including phenoxy) is 2. The second kappa shape index (κ2) is 4.26. The molecule has 2 bridgehead atoms. The Hall–Kier alpha value is -0.640. The average Bonchev–Trinajstić information content (AvgIpc) is 2.55. The van der Waals surface area contributed by atoms with E-state index < -0.39 is 0 Å². The van der Waals surface area contributed by atoms with Crippen LogP contribution in [0.3, 0.4) is 0 Å². The van der Waals surface area contributed by atoms with E-state index in [1.807, 2.05) is 6.08 Å². The summed E-state index contributed by atoms with van der Waals surface area (Å²) < 4.78 is 11.3. The molecule has 2 rings (SSSR count). The summed E-state index contributed by atoms with van der Waals surface area (Å²) in [5, 5.41) is 8.65. The fraction of sp³-hybridized carbons (Fsp3) is 0.636. The highest BCUT2D eigenvalue weighted by Gasteiger charge is 2.35. The highest BCUT2D eigenvalue weighted by atomic mass is 16.6. The molecule has 1 saturated heterocycles. The molecule has 0 spiro atoms. The Bertz CT molecular complexity index is 247. The van der Waals surface area contributed by atoms with Crippen LogP contribution in [0.5, 0.6) is 0 Å². The van der Waals surface area contributed by atoms with E-state index in [2.05, 4.69) is 12.7 Å². The molecule has 0 radical (unpaired) electrons. The SMILES string of the molecule is C=C1C[C@H]2C=C[C@H](O2)[C@H]1OCCCO. The van der Waals surface area contributed by atoms with Crippen LogP contribution in [0, 0.1) is 0 Å². The molecule has 0 unspecified atom stereocenters. The van der Waals surface area contributed by atoms with Gasteiger partial charge in [0, 0.05) is 19.6 Å². The van der Waals surface area contributed by atoms with Crippen molar-refractivity contribution in [3.05, 3.63) is 24.3 Å². The van der Waals surface area contributed by atoms with Crippen LogP contribution >= 0.6 is 0 Å². The Labute approximate surface area is 84.0 Å². The number of fused-ring (bicyclic) bond motifs is 2. The van der Waals surface area contributed by atoms with E-state index in [1.165, 1.54) is 0 Å². The monoisotopic (exact) mass is 196 g/mol. The van der Waals surface area contributed by atoms with Gasteiger partial charge >= 0.3 is 0 Å². The summed E-state index contributed by atoms with van der Waals surface area (Å²) in [7, 11) is 0. The molecule has 0 aromatic heterocycles. The summed E-state index contributed by atoms with van der Waals surface area (Å²) >= 11 is 0. The lowest BCUT2D eigenvalue weighted by atomic mass is 10.0. The third-order valence-electron chi connectivity index (χ3n) is 2.61. The summed E-state index contributed by atoms with van der Waals surface area (Å²) in [5.41, 5.74) is 1.11. The summed E-state index contributed by atoms with van der Waals surface area (Å²) in [5.74, 6) is 0. The van der Waals surface area contributed by atoms with Crippen molar-refractivity contribution in [3.63, 3.8) is 0 Å². The van der Waals surface area contributed by atoms with Crippen molar-refractivity contribution in [2.75, 3.05) is 13.2 Å². The first-order valence-electron chi connectivity index (χ1n) is 5.05. The zero-order chi connectivity index (χ0) is 9.97. The quantitative estimate of drug-likeness (QED) is 0.539. The standard InChI is InChI=1S/C11H16O3/c1-8-7-9-3-4-10(14-9)11(8)13-6-2-5-12/h3-4,9-12H,1-2,5-7H2/t9-,10+,11+/m1/s1. The van der Waals surface area contributed by atoms with Gasteiger partial charge in [-0.1, -0.05) is 18.7 Å². The first kappa shape index (κ1) is 9.90. The van der Waals surface area contributed by atoms with Crippen LogP contribution in [-0.2, 0) is 9.47 Å². The molecule has 14 heavy (non-hydrogen) atoms. The first-order valence-corrected chi connectivity index (χ1v) is 5.05. The predicted molar refractivity (Wildman–Crippen MR) is 53.0 cm³/mol. The number of aliphatic hydroxyl groups excluding tert-OH is 1. The van der Waals surface area contributed by atoms with Crippen LogP contribution in [0.1, 0.15) is 12.8 Å². The van der Waals surface area contributed by atoms with Gasteiger partial charge in [0.25, 0.3) is 0 Å². The summed E-state index contributed by atoms with van der Waals surface area (Å²) in [4.78, 5) is 0. The van der Waals surface area contributed by atoms with Crippen molar-refractivity contribution in [3.8, 4) is 0 Å². The van der Waals surface area contributed by atoms with E-state index in [1.54, 1.807) is 0 Å². The van der Waals surface area contributed by atoms with Gasteiger partial charge in [0.15, 0.2) is 0 Å². The van der Waals surface area contributed by atoms with Crippen LogP contribution in [0.4, 0.5) is 0 Å². The molecule has 0 aromatic carbocycles. The third kappa shape index (κ3) is 1.90. The highest BCUT2D eigenvalue weighted by Crippen LogP contribution is 2.31. The van der Waals surface area contributed by atoms with E-state index >= 15 is 0 Å². The lowest BCUT2D eigenvalue weighted by Gasteiger charge is -2.31. The van der Waals surface area contributed by atoms with Gasteiger partial charge in [-0.05, 0) is 12.0 Å². The maximum absolute atomic E-state index is 8.65. The largest absolute Gasteiger partial charge is 0.396 e. The van der Waals surface area contributed by atoms with Gasteiger partial charge in [-0.25, -0.2) is 0 Å². The maximum Gasteiger partial charge on any atom is 0.108 e. The van der Waals surface area contributed by atoms with E-state index in [4.69, 9.17) is 14.6 Å². The molecule has 0 aliphatic carbocycles. The Kier molecular flexibility index (Phi) is 3.01. The fourth-order valence-corrected chi connectivity index (χ4v) is 1.91. The van der Waals surface area contributed by atoms with E-state index in [-0.39, 0.29) is 24.9 Å². The normalized spacial score (nSPS) is 35.2. The first-order chi connectivity index (χ1) is 6.81. The van der Waals surface area contributed by atoms with Gasteiger partial charge in [0.2, 0.25) is 0 Å². The molecule has 3 heteroatoms. The van der Waals surface area contributed by atoms with Gasteiger partial charge in [0.1, 0.15) is 12.2 Å². The Morgan fingerprint density at radius 3 is 3.21 bits per heavy atom. The van der Waals surface area contributed by atoms with Crippen molar-refractivity contribution >= 4 is 0 Å². The summed E-state index contributed by atoms with van der Waals surface area (Å²) in [6.07, 6.45) is 5.89. The van der Waals surface area contributed by atoms with Crippen LogP contribution < -0.4 is 0 Å². The average molecular weight is 196 g/mol. The second-order valence-electron chi connectivity index (χ2n) is 3.75. The van der Waals surface area contributed by atoms with Crippen molar-refractivity contribution in [2.24, 2.45) is 0 Å². The minimum absolute atomic E-state index is 0.0171. The molecular formula is C11H16O3. The molecule has 0 aromatic rings. The van der Waals surface area contributed by atoms with Crippen molar-refractivity contribution in [2.45, 2.75) is 31.2 Å². The number of hydrogen-bond donors (Lipinski definition) is 1. The highest BCUT2D eigenvalue weighted by molar-refractivity contribution is 5.22. The predicted octanol–water partition coefficient (Wildman–Crippen LogP) is 1.04. The molecule has 1 fully saturated rings. The van der Waals surface area contributed by atoms with Crippen LogP contribution in [0.25, 0.3) is 0 Å². The molecule has 2 aliphatic heterocycles. The van der Waals surface area contributed by atoms with Crippen molar-refractivity contribution < 1.29 is 14.6 Å². The maximum atomic E-state index is 8.65. The van der Waals surface area contributed by atoms with Gasteiger partial charge in [-0.2, -0.15) is 0 Å². The number of hydrogen-bond acceptors (Lipinski definition) is 3. The van der Waals surface area contributed by atoms with Crippen LogP contribution in [-0.4, -0.2) is 36.6 Å². The zero-order valence-electron chi connectivity index (χ0n) is 8.19.